The van der Waals surface area contributed by atoms with Crippen LogP contribution in [0.3, 0.4) is 0 Å². The van der Waals surface area contributed by atoms with E-state index in [0.717, 1.165) is 16.3 Å². The fourth-order valence-electron chi connectivity index (χ4n) is 1.77. The number of benzene rings is 2. The van der Waals surface area contributed by atoms with Crippen LogP contribution < -0.4 is 0 Å². The molecule has 0 aliphatic rings. The minimum atomic E-state index is 0.281. The lowest BCUT2D eigenvalue weighted by Gasteiger charge is -2.06. The molecule has 0 heterocycles. The number of nitriles is 1. The molecule has 0 aromatic heterocycles. The lowest BCUT2D eigenvalue weighted by molar-refractivity contribution is 0.469. The van der Waals surface area contributed by atoms with Gasteiger partial charge >= 0.3 is 0 Å². The first-order valence-corrected chi connectivity index (χ1v) is 4.89. The van der Waals surface area contributed by atoms with E-state index in [0.29, 0.717) is 12.8 Å². The van der Waals surface area contributed by atoms with Crippen LogP contribution in [0.1, 0.15) is 12.0 Å². The third kappa shape index (κ3) is 1.77. The number of phenolic OH excluding ortho intramolecular Hbond substituents is 1. The number of aromatic hydroxyl groups is 1. The second kappa shape index (κ2) is 4.02. The van der Waals surface area contributed by atoms with Gasteiger partial charge in [-0.05, 0) is 23.3 Å². The van der Waals surface area contributed by atoms with Crippen molar-refractivity contribution in [3.8, 4) is 11.8 Å². The summed E-state index contributed by atoms with van der Waals surface area (Å²) in [7, 11) is 0. The average Bonchev–Trinajstić information content (AvgIpc) is 2.28. The Bertz CT molecular complexity index is 526. The maximum absolute atomic E-state index is 9.73. The molecule has 2 nitrogen and oxygen atoms in total. The van der Waals surface area contributed by atoms with Gasteiger partial charge in [-0.25, -0.2) is 0 Å². The second-order valence-electron chi connectivity index (χ2n) is 3.44. The minimum Gasteiger partial charge on any atom is -0.508 e. The van der Waals surface area contributed by atoms with Crippen LogP contribution in [-0.4, -0.2) is 5.11 Å². The van der Waals surface area contributed by atoms with Crippen molar-refractivity contribution in [3.05, 3.63) is 42.0 Å². The fraction of sp³-hybridized carbons (Fsp3) is 0.154. The molecule has 1 N–H and O–H groups in total. The molecule has 2 heteroatoms. The van der Waals surface area contributed by atoms with E-state index in [2.05, 4.69) is 6.07 Å². The van der Waals surface area contributed by atoms with E-state index < -0.39 is 0 Å². The summed E-state index contributed by atoms with van der Waals surface area (Å²) in [6, 6.07) is 13.6. The van der Waals surface area contributed by atoms with E-state index >= 15 is 0 Å². The Morgan fingerprint density at radius 2 is 1.93 bits per heavy atom. The summed E-state index contributed by atoms with van der Waals surface area (Å²) in [6.45, 7) is 0. The first-order chi connectivity index (χ1) is 7.33. The first kappa shape index (κ1) is 9.54. The first-order valence-electron chi connectivity index (χ1n) is 4.89. The molecule has 2 aromatic carbocycles. The normalized spacial score (nSPS) is 10.1. The van der Waals surface area contributed by atoms with Crippen LogP contribution in [0.5, 0.6) is 5.75 Å². The SMILES string of the molecule is N#CCCc1c(O)ccc2ccccc12. The molecule has 0 aliphatic heterocycles. The maximum atomic E-state index is 9.73. The van der Waals surface area contributed by atoms with Gasteiger partial charge in [0, 0.05) is 12.0 Å². The number of aryl methyl sites for hydroxylation is 1. The molecule has 0 aliphatic carbocycles. The molecule has 0 atom stereocenters. The zero-order chi connectivity index (χ0) is 10.7. The average molecular weight is 197 g/mol. The van der Waals surface area contributed by atoms with Gasteiger partial charge in [-0.15, -0.1) is 0 Å². The molecule has 0 fully saturated rings. The van der Waals surface area contributed by atoms with Crippen molar-refractivity contribution in [2.45, 2.75) is 12.8 Å². The van der Waals surface area contributed by atoms with Crippen LogP contribution in [0, 0.1) is 11.3 Å². The van der Waals surface area contributed by atoms with Gasteiger partial charge in [0.1, 0.15) is 5.75 Å². The summed E-state index contributed by atoms with van der Waals surface area (Å²) in [6.07, 6.45) is 1.03. The van der Waals surface area contributed by atoms with Crippen LogP contribution in [0.4, 0.5) is 0 Å². The Morgan fingerprint density at radius 3 is 2.73 bits per heavy atom. The molecule has 74 valence electrons. The number of rotatable bonds is 2. The lowest BCUT2D eigenvalue weighted by Crippen LogP contribution is -1.87. The molecule has 0 saturated carbocycles. The van der Waals surface area contributed by atoms with E-state index in [1.54, 1.807) is 6.07 Å². The molecule has 2 rings (SSSR count). The van der Waals surface area contributed by atoms with Gasteiger partial charge in [0.25, 0.3) is 0 Å². The zero-order valence-corrected chi connectivity index (χ0v) is 8.27. The van der Waals surface area contributed by atoms with Crippen LogP contribution in [0.2, 0.25) is 0 Å². The summed E-state index contributed by atoms with van der Waals surface area (Å²) in [5, 5.41) is 20.4. The van der Waals surface area contributed by atoms with E-state index in [9.17, 15) is 5.11 Å². The summed E-state index contributed by atoms with van der Waals surface area (Å²) < 4.78 is 0. The number of nitrogens with zero attached hydrogens (tertiary/aromatic N) is 1. The molecule has 2 aromatic rings. The number of fused-ring (bicyclic) bond motifs is 1. The highest BCUT2D eigenvalue weighted by atomic mass is 16.3. The third-order valence-corrected chi connectivity index (χ3v) is 2.50. The van der Waals surface area contributed by atoms with Gasteiger partial charge in [-0.3, -0.25) is 0 Å². The van der Waals surface area contributed by atoms with Crippen molar-refractivity contribution in [2.24, 2.45) is 0 Å². The van der Waals surface area contributed by atoms with Gasteiger partial charge in [0.2, 0.25) is 0 Å². The highest BCUT2D eigenvalue weighted by Crippen LogP contribution is 2.27. The van der Waals surface area contributed by atoms with Crippen LogP contribution in [0.25, 0.3) is 10.8 Å². The van der Waals surface area contributed by atoms with Gasteiger partial charge in [-0.1, -0.05) is 30.3 Å². The smallest absolute Gasteiger partial charge is 0.119 e. The highest BCUT2D eigenvalue weighted by Gasteiger charge is 2.05. The van der Waals surface area contributed by atoms with Crippen molar-refractivity contribution >= 4 is 10.8 Å². The Morgan fingerprint density at radius 1 is 1.13 bits per heavy atom. The van der Waals surface area contributed by atoms with Crippen LogP contribution in [-0.2, 0) is 6.42 Å². The Labute approximate surface area is 88.4 Å². The third-order valence-electron chi connectivity index (χ3n) is 2.50. The van der Waals surface area contributed by atoms with Crippen molar-refractivity contribution in [2.75, 3.05) is 0 Å². The zero-order valence-electron chi connectivity index (χ0n) is 8.27. The molecule has 0 saturated heterocycles. The predicted octanol–water partition coefficient (Wildman–Crippen LogP) is 3.00. The number of hydrogen-bond acceptors (Lipinski definition) is 2. The fourth-order valence-corrected chi connectivity index (χ4v) is 1.77. The monoisotopic (exact) mass is 197 g/mol. The van der Waals surface area contributed by atoms with Gasteiger partial charge in [-0.2, -0.15) is 5.26 Å². The van der Waals surface area contributed by atoms with Gasteiger partial charge in [0.15, 0.2) is 0 Å². The van der Waals surface area contributed by atoms with Crippen LogP contribution in [0.15, 0.2) is 36.4 Å². The quantitative estimate of drug-likeness (QED) is 0.804. The van der Waals surface area contributed by atoms with Gasteiger partial charge in [0.05, 0.1) is 6.07 Å². The lowest BCUT2D eigenvalue weighted by atomic mass is 10.0. The Hall–Kier alpha value is -2.01. The molecule has 0 radical (unpaired) electrons. The van der Waals surface area contributed by atoms with E-state index in [1.165, 1.54) is 0 Å². The molecule has 0 amide bonds. The number of hydrogen-bond donors (Lipinski definition) is 1. The van der Waals surface area contributed by atoms with Crippen LogP contribution >= 0.6 is 0 Å². The summed E-state index contributed by atoms with van der Waals surface area (Å²) in [5.41, 5.74) is 0.870. The molecule has 0 spiro atoms. The molecule has 15 heavy (non-hydrogen) atoms. The predicted molar refractivity (Wildman–Crippen MR) is 59.5 cm³/mol. The summed E-state index contributed by atoms with van der Waals surface area (Å²) in [5.74, 6) is 0.281. The van der Waals surface area contributed by atoms with Crippen molar-refractivity contribution < 1.29 is 5.11 Å². The van der Waals surface area contributed by atoms with E-state index in [1.807, 2.05) is 30.3 Å². The molecular formula is C13H11NO. The maximum Gasteiger partial charge on any atom is 0.119 e. The minimum absolute atomic E-state index is 0.281. The summed E-state index contributed by atoms with van der Waals surface area (Å²) in [4.78, 5) is 0. The Balaban J connectivity index is 2.59. The van der Waals surface area contributed by atoms with Crippen molar-refractivity contribution in [1.82, 2.24) is 0 Å². The van der Waals surface area contributed by atoms with Crippen molar-refractivity contribution in [1.29, 1.82) is 5.26 Å². The number of phenols is 1. The Kier molecular flexibility index (Phi) is 2.55. The highest BCUT2D eigenvalue weighted by molar-refractivity contribution is 5.87. The van der Waals surface area contributed by atoms with E-state index in [4.69, 9.17) is 5.26 Å². The van der Waals surface area contributed by atoms with Crippen molar-refractivity contribution in [3.63, 3.8) is 0 Å². The second-order valence-corrected chi connectivity index (χ2v) is 3.44. The van der Waals surface area contributed by atoms with E-state index in [-0.39, 0.29) is 5.75 Å². The van der Waals surface area contributed by atoms with Gasteiger partial charge < -0.3 is 5.11 Å². The molecule has 0 unspecified atom stereocenters. The topological polar surface area (TPSA) is 44.0 Å². The molecular weight excluding hydrogens is 186 g/mol. The standard InChI is InChI=1S/C13H11NO/c14-9-3-6-12-11-5-2-1-4-10(11)7-8-13(12)15/h1-2,4-5,7-8,15H,3,6H2. The largest absolute Gasteiger partial charge is 0.508 e. The molecule has 0 bridgehead atoms. The summed E-state index contributed by atoms with van der Waals surface area (Å²) >= 11 is 0.